The number of nitrogens with zero attached hydrogens (tertiary/aromatic N) is 2. The SMILES string of the molecule is Cc1ccc(OCC(=O)Nc2ccc(N3CCc4ccccc43)nc2)cc1. The van der Waals surface area contributed by atoms with Crippen LogP contribution in [0.1, 0.15) is 11.1 Å². The summed E-state index contributed by atoms with van der Waals surface area (Å²) in [7, 11) is 0. The van der Waals surface area contributed by atoms with Gasteiger partial charge in [0.2, 0.25) is 0 Å². The van der Waals surface area contributed by atoms with Crippen LogP contribution in [0.25, 0.3) is 0 Å². The predicted molar refractivity (Wildman–Crippen MR) is 107 cm³/mol. The number of carbonyl (C=O) groups is 1. The number of aryl methyl sites for hydroxylation is 1. The van der Waals surface area contributed by atoms with E-state index >= 15 is 0 Å². The maximum absolute atomic E-state index is 12.1. The average molecular weight is 359 g/mol. The normalized spacial score (nSPS) is 12.6. The number of ether oxygens (including phenoxy) is 1. The second kappa shape index (κ2) is 7.50. The van der Waals surface area contributed by atoms with Gasteiger partial charge in [0.05, 0.1) is 11.9 Å². The molecule has 4 rings (SSSR count). The van der Waals surface area contributed by atoms with Gasteiger partial charge in [-0.05, 0) is 49.2 Å². The molecule has 1 aliphatic heterocycles. The molecule has 136 valence electrons. The minimum atomic E-state index is -0.211. The van der Waals surface area contributed by atoms with Gasteiger partial charge in [-0.2, -0.15) is 0 Å². The van der Waals surface area contributed by atoms with E-state index in [4.69, 9.17) is 4.74 Å². The molecule has 0 saturated carbocycles. The summed E-state index contributed by atoms with van der Waals surface area (Å²) in [6, 6.07) is 19.8. The van der Waals surface area contributed by atoms with Gasteiger partial charge in [0.15, 0.2) is 6.61 Å². The molecule has 5 nitrogen and oxygen atoms in total. The zero-order chi connectivity index (χ0) is 18.6. The maximum atomic E-state index is 12.1. The molecular formula is C22H21N3O2. The molecule has 1 amide bonds. The molecular weight excluding hydrogens is 338 g/mol. The van der Waals surface area contributed by atoms with E-state index in [1.807, 2.05) is 49.4 Å². The predicted octanol–water partition coefficient (Wildman–Crippen LogP) is 4.10. The molecule has 5 heteroatoms. The van der Waals surface area contributed by atoms with Gasteiger partial charge >= 0.3 is 0 Å². The van der Waals surface area contributed by atoms with Crippen LogP contribution < -0.4 is 15.0 Å². The lowest BCUT2D eigenvalue weighted by Crippen LogP contribution is -2.20. The Morgan fingerprint density at radius 1 is 1.11 bits per heavy atom. The van der Waals surface area contributed by atoms with Gasteiger partial charge in [0.1, 0.15) is 11.6 Å². The molecule has 0 radical (unpaired) electrons. The van der Waals surface area contributed by atoms with Gasteiger partial charge in [-0.15, -0.1) is 0 Å². The number of anilines is 3. The molecule has 0 atom stereocenters. The van der Waals surface area contributed by atoms with E-state index in [9.17, 15) is 4.79 Å². The summed E-state index contributed by atoms with van der Waals surface area (Å²) in [6.07, 6.45) is 2.70. The number of nitrogens with one attached hydrogen (secondary N) is 1. The van der Waals surface area contributed by atoms with E-state index in [0.29, 0.717) is 11.4 Å². The van der Waals surface area contributed by atoms with Gasteiger partial charge in [-0.3, -0.25) is 4.79 Å². The lowest BCUT2D eigenvalue weighted by Gasteiger charge is -2.18. The number of fused-ring (bicyclic) bond motifs is 1. The topological polar surface area (TPSA) is 54.5 Å². The minimum absolute atomic E-state index is 0.0374. The summed E-state index contributed by atoms with van der Waals surface area (Å²) in [6.45, 7) is 2.89. The van der Waals surface area contributed by atoms with Gasteiger partial charge in [0.25, 0.3) is 5.91 Å². The van der Waals surface area contributed by atoms with Crippen LogP contribution in [0.3, 0.4) is 0 Å². The number of pyridine rings is 1. The monoisotopic (exact) mass is 359 g/mol. The van der Waals surface area contributed by atoms with E-state index < -0.39 is 0 Å². The molecule has 0 aliphatic carbocycles. The molecule has 0 bridgehead atoms. The van der Waals surface area contributed by atoms with Gasteiger partial charge in [0, 0.05) is 12.2 Å². The summed E-state index contributed by atoms with van der Waals surface area (Å²) < 4.78 is 5.50. The Hall–Kier alpha value is -3.34. The standard InChI is InChI=1S/C22H21N3O2/c1-16-6-9-19(10-7-16)27-15-22(26)24-18-8-11-21(23-14-18)25-13-12-17-4-2-3-5-20(17)25/h2-11,14H,12-13,15H2,1H3,(H,24,26). The van der Waals surface area contributed by atoms with Gasteiger partial charge in [-0.1, -0.05) is 35.9 Å². The number of carbonyl (C=O) groups excluding carboxylic acids is 1. The van der Waals surface area contributed by atoms with Crippen molar-refractivity contribution < 1.29 is 9.53 Å². The van der Waals surface area contributed by atoms with Crippen molar-refractivity contribution in [2.24, 2.45) is 0 Å². The van der Waals surface area contributed by atoms with E-state index in [-0.39, 0.29) is 12.5 Å². The number of hydrogen-bond donors (Lipinski definition) is 1. The first-order valence-corrected chi connectivity index (χ1v) is 9.00. The van der Waals surface area contributed by atoms with Crippen molar-refractivity contribution in [1.29, 1.82) is 0 Å². The molecule has 2 heterocycles. The molecule has 0 unspecified atom stereocenters. The summed E-state index contributed by atoms with van der Waals surface area (Å²) in [5.41, 5.74) is 4.35. The largest absolute Gasteiger partial charge is 0.484 e. The molecule has 1 aromatic heterocycles. The fourth-order valence-electron chi connectivity index (χ4n) is 3.18. The highest BCUT2D eigenvalue weighted by atomic mass is 16.5. The average Bonchev–Trinajstić information content (AvgIpc) is 3.12. The first kappa shape index (κ1) is 17.1. The van der Waals surface area contributed by atoms with Crippen LogP contribution in [0.2, 0.25) is 0 Å². The molecule has 0 spiro atoms. The zero-order valence-corrected chi connectivity index (χ0v) is 15.2. The Kier molecular flexibility index (Phi) is 4.75. The number of benzene rings is 2. The van der Waals surface area contributed by atoms with E-state index in [2.05, 4.69) is 33.4 Å². The highest BCUT2D eigenvalue weighted by Crippen LogP contribution is 2.33. The van der Waals surface area contributed by atoms with Crippen molar-refractivity contribution in [3.05, 3.63) is 78.0 Å². The number of rotatable bonds is 5. The van der Waals surface area contributed by atoms with Gasteiger partial charge in [-0.25, -0.2) is 4.98 Å². The summed E-state index contributed by atoms with van der Waals surface area (Å²) >= 11 is 0. The van der Waals surface area contributed by atoms with Crippen LogP contribution in [0.4, 0.5) is 17.2 Å². The van der Waals surface area contributed by atoms with Crippen molar-refractivity contribution >= 4 is 23.1 Å². The van der Waals surface area contributed by atoms with Crippen LogP contribution >= 0.6 is 0 Å². The number of aromatic nitrogens is 1. The molecule has 0 fully saturated rings. The molecule has 2 aromatic carbocycles. The molecule has 0 saturated heterocycles. The Morgan fingerprint density at radius 3 is 2.70 bits per heavy atom. The zero-order valence-electron chi connectivity index (χ0n) is 15.2. The molecule has 3 aromatic rings. The second-order valence-corrected chi connectivity index (χ2v) is 6.59. The third-order valence-corrected chi connectivity index (χ3v) is 4.59. The summed E-state index contributed by atoms with van der Waals surface area (Å²) in [4.78, 5) is 18.8. The van der Waals surface area contributed by atoms with Crippen molar-refractivity contribution in [2.45, 2.75) is 13.3 Å². The van der Waals surface area contributed by atoms with Crippen LogP contribution in [0.15, 0.2) is 66.9 Å². The number of hydrogen-bond acceptors (Lipinski definition) is 4. The Morgan fingerprint density at radius 2 is 1.93 bits per heavy atom. The number of amides is 1. The first-order valence-electron chi connectivity index (χ1n) is 9.00. The van der Waals surface area contributed by atoms with Crippen LogP contribution in [-0.4, -0.2) is 24.0 Å². The van der Waals surface area contributed by atoms with Crippen LogP contribution in [0, 0.1) is 6.92 Å². The Labute approximate surface area is 158 Å². The lowest BCUT2D eigenvalue weighted by atomic mass is 10.2. The van der Waals surface area contributed by atoms with Gasteiger partial charge < -0.3 is 15.0 Å². The van der Waals surface area contributed by atoms with Crippen molar-refractivity contribution in [3.63, 3.8) is 0 Å². The maximum Gasteiger partial charge on any atom is 0.262 e. The van der Waals surface area contributed by atoms with E-state index in [1.165, 1.54) is 11.3 Å². The van der Waals surface area contributed by atoms with Crippen molar-refractivity contribution in [1.82, 2.24) is 4.98 Å². The first-order chi connectivity index (χ1) is 13.2. The van der Waals surface area contributed by atoms with E-state index in [0.717, 1.165) is 24.3 Å². The van der Waals surface area contributed by atoms with E-state index in [1.54, 1.807) is 6.20 Å². The third kappa shape index (κ3) is 3.92. The smallest absolute Gasteiger partial charge is 0.262 e. The highest BCUT2D eigenvalue weighted by molar-refractivity contribution is 5.91. The van der Waals surface area contributed by atoms with Crippen LogP contribution in [0.5, 0.6) is 5.75 Å². The fourth-order valence-corrected chi connectivity index (χ4v) is 3.18. The Bertz CT molecular complexity index is 937. The molecule has 1 N–H and O–H groups in total. The summed E-state index contributed by atoms with van der Waals surface area (Å²) in [5, 5.41) is 2.82. The minimum Gasteiger partial charge on any atom is -0.484 e. The molecule has 1 aliphatic rings. The summed E-state index contributed by atoms with van der Waals surface area (Å²) in [5.74, 6) is 1.35. The fraction of sp³-hybridized carbons (Fsp3) is 0.182. The van der Waals surface area contributed by atoms with Crippen molar-refractivity contribution in [3.8, 4) is 5.75 Å². The quantitative estimate of drug-likeness (QED) is 0.745. The highest BCUT2D eigenvalue weighted by Gasteiger charge is 2.20. The second-order valence-electron chi connectivity index (χ2n) is 6.59. The van der Waals surface area contributed by atoms with Crippen LogP contribution in [-0.2, 0) is 11.2 Å². The number of para-hydroxylation sites is 1. The van der Waals surface area contributed by atoms with Crippen molar-refractivity contribution in [2.75, 3.05) is 23.4 Å². The third-order valence-electron chi connectivity index (χ3n) is 4.59. The lowest BCUT2D eigenvalue weighted by molar-refractivity contribution is -0.118. The Balaban J connectivity index is 1.35. The molecule has 27 heavy (non-hydrogen) atoms.